The topological polar surface area (TPSA) is 217 Å². The van der Waals surface area contributed by atoms with E-state index in [1.54, 1.807) is 53.7 Å². The van der Waals surface area contributed by atoms with Crippen LogP contribution >= 0.6 is 0 Å². The number of carbonyl (C=O) groups excluding carboxylic acids is 4. The van der Waals surface area contributed by atoms with Gasteiger partial charge >= 0.3 is 6.09 Å². The molecule has 286 valence electrons. The zero-order valence-electron chi connectivity index (χ0n) is 31.0. The van der Waals surface area contributed by atoms with Crippen molar-refractivity contribution in [3.05, 3.63) is 49.6 Å². The molecule has 0 unspecified atom stereocenters. The van der Waals surface area contributed by atoms with E-state index < -0.39 is 73.8 Å². The Labute approximate surface area is 308 Å². The van der Waals surface area contributed by atoms with E-state index in [9.17, 15) is 27.6 Å². The summed E-state index contributed by atoms with van der Waals surface area (Å²) in [7, 11) is -3.94. The monoisotopic (exact) mass is 753 g/mol. The molecule has 0 radical (unpaired) electrons. The number of alkyl carbamates (subject to hydrolysis) is 1. The maximum atomic E-state index is 14.5. The van der Waals surface area contributed by atoms with E-state index in [2.05, 4.69) is 42.2 Å². The highest BCUT2D eigenvalue weighted by Gasteiger charge is 2.49. The first-order valence-electron chi connectivity index (χ1n) is 17.3. The van der Waals surface area contributed by atoms with Crippen molar-refractivity contribution in [1.82, 2.24) is 45.2 Å². The van der Waals surface area contributed by atoms with E-state index in [4.69, 9.17) is 9.47 Å². The molecule has 2 aromatic heterocycles. The van der Waals surface area contributed by atoms with E-state index in [0.717, 1.165) is 0 Å². The number of amides is 4. The molecule has 4 amide bonds. The van der Waals surface area contributed by atoms with Crippen molar-refractivity contribution in [2.24, 2.45) is 5.41 Å². The van der Waals surface area contributed by atoms with Crippen molar-refractivity contribution in [3.63, 3.8) is 0 Å². The summed E-state index contributed by atoms with van der Waals surface area (Å²) < 4.78 is 40.8. The van der Waals surface area contributed by atoms with Crippen molar-refractivity contribution in [3.8, 4) is 11.7 Å². The minimum Gasteiger partial charge on any atom is -0.471 e. The van der Waals surface area contributed by atoms with Gasteiger partial charge in [-0.2, -0.15) is 5.10 Å². The number of hydrogen-bond acceptors (Lipinski definition) is 12. The summed E-state index contributed by atoms with van der Waals surface area (Å²) in [6, 6.07) is 4.86. The SMILES string of the molecule is C=CC[C@@](C)(NC(=O)[C@@H]1C[C@@H](Oc2nnc(-n3cncn3)c3ccccc23)CN1C(=O)[C@@H](NC(=O)OC(C)(C)C)C(C)(C)C)C(=O)NS(=O)(=O)C1CC1. The molecule has 3 N–H and O–H groups in total. The number of benzene rings is 1. The number of likely N-dealkylation sites (tertiary alicyclic amines) is 1. The fraction of sp³-hybridized carbons (Fsp3) is 0.543. The second-order valence-electron chi connectivity index (χ2n) is 15.6. The van der Waals surface area contributed by atoms with Gasteiger partial charge in [0.15, 0.2) is 5.82 Å². The Morgan fingerprint density at radius 1 is 1.04 bits per heavy atom. The van der Waals surface area contributed by atoms with E-state index in [0.29, 0.717) is 29.4 Å². The molecule has 4 atom stereocenters. The fourth-order valence-corrected chi connectivity index (χ4v) is 7.37. The molecular weight excluding hydrogens is 707 g/mol. The molecule has 2 aliphatic rings. The van der Waals surface area contributed by atoms with Gasteiger partial charge in [0.1, 0.15) is 42.0 Å². The quantitative estimate of drug-likeness (QED) is 0.228. The molecule has 0 bridgehead atoms. The number of aromatic nitrogens is 5. The molecule has 1 aliphatic carbocycles. The lowest BCUT2D eigenvalue weighted by molar-refractivity contribution is -0.143. The third-order valence-corrected chi connectivity index (χ3v) is 10.6. The highest BCUT2D eigenvalue weighted by atomic mass is 32.2. The Kier molecular flexibility index (Phi) is 10.9. The van der Waals surface area contributed by atoms with E-state index in [1.165, 1.54) is 35.2 Å². The normalized spacial score (nSPS) is 19.5. The summed E-state index contributed by atoms with van der Waals surface area (Å²) in [6.45, 7) is 15.3. The number of nitrogens with zero attached hydrogens (tertiary/aromatic N) is 6. The molecule has 0 spiro atoms. The fourth-order valence-electron chi connectivity index (χ4n) is 5.96. The second kappa shape index (κ2) is 14.7. The number of fused-ring (bicyclic) bond motifs is 1. The van der Waals surface area contributed by atoms with Gasteiger partial charge in [-0.15, -0.1) is 16.8 Å². The lowest BCUT2D eigenvalue weighted by Gasteiger charge is -2.36. The van der Waals surface area contributed by atoms with Crippen molar-refractivity contribution in [1.29, 1.82) is 0 Å². The molecule has 3 aromatic rings. The first kappa shape index (κ1) is 39.1. The van der Waals surface area contributed by atoms with E-state index >= 15 is 0 Å². The number of hydrogen-bond donors (Lipinski definition) is 3. The molecule has 2 fully saturated rings. The van der Waals surface area contributed by atoms with Crippen molar-refractivity contribution in [2.75, 3.05) is 6.54 Å². The van der Waals surface area contributed by atoms with Gasteiger partial charge in [-0.25, -0.2) is 22.9 Å². The third-order valence-electron chi connectivity index (χ3n) is 8.82. The van der Waals surface area contributed by atoms with Gasteiger partial charge in [-0.05, 0) is 58.4 Å². The minimum atomic E-state index is -3.94. The number of rotatable bonds is 12. The van der Waals surface area contributed by atoms with Crippen LogP contribution in [0.15, 0.2) is 49.6 Å². The molecule has 1 saturated heterocycles. The standard InChI is InChI=1S/C35H47N9O8S/c1-9-16-35(8,31(47)42-53(49,50)22-14-15-22)39-28(45)25-17-21(18-43(25)30(46)26(33(2,3)4)38-32(48)52-34(5,6)7)51-29-24-13-11-10-12-23(24)27(40-41-29)44-20-36-19-37-44/h9-13,19-22,25-26H,1,14-18H2,2-8H3,(H,38,48)(H,39,45)(H,42,47)/t21-,25+,26-,35-/m1/s1. The van der Waals surface area contributed by atoms with Gasteiger partial charge in [0, 0.05) is 17.2 Å². The Bertz CT molecular complexity index is 1990. The zero-order chi connectivity index (χ0) is 38.9. The lowest BCUT2D eigenvalue weighted by atomic mass is 9.85. The Morgan fingerprint density at radius 3 is 2.30 bits per heavy atom. The molecule has 53 heavy (non-hydrogen) atoms. The summed E-state index contributed by atoms with van der Waals surface area (Å²) in [5, 5.41) is 18.7. The van der Waals surface area contributed by atoms with E-state index in [-0.39, 0.29) is 25.3 Å². The summed E-state index contributed by atoms with van der Waals surface area (Å²) in [4.78, 5) is 60.4. The number of ether oxygens (including phenoxy) is 2. The van der Waals surface area contributed by atoms with Crippen LogP contribution < -0.4 is 20.1 Å². The summed E-state index contributed by atoms with van der Waals surface area (Å²) in [5.41, 5.74) is -3.44. The van der Waals surface area contributed by atoms with Crippen molar-refractivity contribution in [2.45, 2.75) is 109 Å². The largest absolute Gasteiger partial charge is 0.471 e. The summed E-state index contributed by atoms with van der Waals surface area (Å²) >= 11 is 0. The van der Waals surface area contributed by atoms with Crippen LogP contribution in [-0.4, -0.2) is 103 Å². The molecule has 17 nitrogen and oxygen atoms in total. The Hall–Kier alpha value is -5.13. The highest BCUT2D eigenvalue weighted by molar-refractivity contribution is 7.91. The van der Waals surface area contributed by atoms with E-state index in [1.807, 2.05) is 12.1 Å². The summed E-state index contributed by atoms with van der Waals surface area (Å²) in [5.74, 6) is -1.72. The van der Waals surface area contributed by atoms with Crippen LogP contribution in [0.5, 0.6) is 5.88 Å². The van der Waals surface area contributed by atoms with Crippen molar-refractivity contribution < 1.29 is 37.1 Å². The van der Waals surface area contributed by atoms with Crippen LogP contribution in [0, 0.1) is 5.41 Å². The molecule has 1 aromatic carbocycles. The third kappa shape index (κ3) is 9.09. The highest BCUT2D eigenvalue weighted by Crippen LogP contribution is 2.32. The molecule has 1 saturated carbocycles. The van der Waals surface area contributed by atoms with Gasteiger partial charge in [0.2, 0.25) is 27.7 Å². The van der Waals surface area contributed by atoms with Gasteiger partial charge in [-0.3, -0.25) is 19.1 Å². The van der Waals surface area contributed by atoms with Gasteiger partial charge in [-0.1, -0.05) is 45.0 Å². The van der Waals surface area contributed by atoms with Crippen LogP contribution in [0.25, 0.3) is 16.6 Å². The minimum absolute atomic E-state index is 0.0477. The van der Waals surface area contributed by atoms with Crippen LogP contribution in [0.1, 0.15) is 74.1 Å². The van der Waals surface area contributed by atoms with Crippen LogP contribution in [-0.2, 0) is 29.1 Å². The molecule has 3 heterocycles. The molecule has 1 aliphatic heterocycles. The molecule has 18 heteroatoms. The maximum absolute atomic E-state index is 14.5. The van der Waals surface area contributed by atoms with Gasteiger partial charge in [0.25, 0.3) is 5.91 Å². The average molecular weight is 754 g/mol. The first-order valence-corrected chi connectivity index (χ1v) is 18.8. The predicted octanol–water partition coefficient (Wildman–Crippen LogP) is 2.56. The molecule has 5 rings (SSSR count). The van der Waals surface area contributed by atoms with Crippen molar-refractivity contribution >= 4 is 44.6 Å². The van der Waals surface area contributed by atoms with Crippen LogP contribution in [0.4, 0.5) is 4.79 Å². The second-order valence-corrected chi connectivity index (χ2v) is 17.6. The average Bonchev–Trinajstić information content (AvgIpc) is 3.63. The van der Waals surface area contributed by atoms with Crippen LogP contribution in [0.3, 0.4) is 0 Å². The lowest BCUT2D eigenvalue weighted by Crippen LogP contribution is -2.62. The maximum Gasteiger partial charge on any atom is 0.408 e. The van der Waals surface area contributed by atoms with Gasteiger partial charge < -0.3 is 25.0 Å². The zero-order valence-corrected chi connectivity index (χ0v) is 31.8. The van der Waals surface area contributed by atoms with Gasteiger partial charge in [0.05, 0.1) is 11.8 Å². The predicted molar refractivity (Wildman–Crippen MR) is 193 cm³/mol. The summed E-state index contributed by atoms with van der Waals surface area (Å²) in [6.07, 6.45) is 3.32. The smallest absolute Gasteiger partial charge is 0.408 e. The Morgan fingerprint density at radius 2 is 1.72 bits per heavy atom. The van der Waals surface area contributed by atoms with Crippen LogP contribution in [0.2, 0.25) is 0 Å². The first-order chi connectivity index (χ1) is 24.7. The number of carbonyl (C=O) groups is 4. The number of nitrogens with one attached hydrogen (secondary N) is 3. The number of sulfonamides is 1. The Balaban J connectivity index is 1.47. The molecular formula is C35H47N9O8S.